The van der Waals surface area contributed by atoms with Crippen molar-refractivity contribution in [3.8, 4) is 0 Å². The van der Waals surface area contributed by atoms with Crippen molar-refractivity contribution in [3.05, 3.63) is 65.6 Å². The zero-order valence-corrected chi connectivity index (χ0v) is 22.2. The summed E-state index contributed by atoms with van der Waals surface area (Å²) in [6.07, 6.45) is 3.12. The van der Waals surface area contributed by atoms with Crippen LogP contribution >= 0.6 is 0 Å². The van der Waals surface area contributed by atoms with E-state index in [-0.39, 0.29) is 17.5 Å². The molecule has 0 aliphatic carbocycles. The third-order valence-electron chi connectivity index (χ3n) is 7.58. The van der Waals surface area contributed by atoms with Crippen LogP contribution in [0.5, 0.6) is 0 Å². The number of aromatic nitrogens is 3. The molecule has 4 heterocycles. The van der Waals surface area contributed by atoms with Gasteiger partial charge in [-0.2, -0.15) is 4.98 Å². The third kappa shape index (κ3) is 5.71. The van der Waals surface area contributed by atoms with Crippen LogP contribution < -0.4 is 15.8 Å². The van der Waals surface area contributed by atoms with Crippen LogP contribution in [0.4, 0.5) is 17.3 Å². The first kappa shape index (κ1) is 25.9. The molecule has 2 aliphatic heterocycles. The van der Waals surface area contributed by atoms with Crippen LogP contribution in [0.25, 0.3) is 11.0 Å². The lowest BCUT2D eigenvalue weighted by molar-refractivity contribution is -0.128. The Morgan fingerprint density at radius 3 is 2.53 bits per heavy atom. The molecular weight excluding hydrogens is 480 g/mol. The van der Waals surface area contributed by atoms with E-state index < -0.39 is 0 Å². The van der Waals surface area contributed by atoms with Crippen molar-refractivity contribution in [2.45, 2.75) is 19.5 Å². The Labute approximate surface area is 223 Å². The topological polar surface area (TPSA) is 89.8 Å². The molecule has 2 aromatic heterocycles. The minimum atomic E-state index is -0.0909. The molecule has 10 heteroatoms. The number of nitrogens with one attached hydrogen (secondary N) is 1. The third-order valence-corrected chi connectivity index (χ3v) is 7.58. The molecule has 1 aromatic carbocycles. The first-order valence-corrected chi connectivity index (χ1v) is 13.2. The number of carbonyl (C=O) groups is 1. The Hall–Kier alpha value is -3.76. The summed E-state index contributed by atoms with van der Waals surface area (Å²) in [5.74, 6) is 0.418. The molecular formula is C28H36N8O2. The van der Waals surface area contributed by atoms with Crippen LogP contribution in [0.15, 0.2) is 60.0 Å². The molecule has 10 nitrogen and oxygen atoms in total. The SMILES string of the molecule is C=CC(=O)N1CCN(CCn2c(=O)ccc3cnc(Nc4ccc(N5CCN(C)CC5)cc4)nc32)[C@@H](C)C1. The zero-order valence-electron chi connectivity index (χ0n) is 22.2. The monoisotopic (exact) mass is 516 g/mol. The first-order chi connectivity index (χ1) is 18.4. The van der Waals surface area contributed by atoms with E-state index in [1.54, 1.807) is 22.9 Å². The lowest BCUT2D eigenvalue weighted by Crippen LogP contribution is -2.54. The van der Waals surface area contributed by atoms with Gasteiger partial charge in [0.15, 0.2) is 0 Å². The van der Waals surface area contributed by atoms with Crippen molar-refractivity contribution >= 4 is 34.3 Å². The number of rotatable bonds is 7. The van der Waals surface area contributed by atoms with E-state index in [4.69, 9.17) is 4.98 Å². The highest BCUT2D eigenvalue weighted by Crippen LogP contribution is 2.22. The van der Waals surface area contributed by atoms with Crippen LogP contribution in [0.2, 0.25) is 0 Å². The maximum Gasteiger partial charge on any atom is 0.252 e. The molecule has 2 fully saturated rings. The first-order valence-electron chi connectivity index (χ1n) is 13.2. The largest absolute Gasteiger partial charge is 0.369 e. The average Bonchev–Trinajstić information content (AvgIpc) is 2.93. The standard InChI is InChI=1S/C28H36N8O2/c1-4-25(37)35-16-15-33(21(2)20-35)17-18-36-26(38)10-5-22-19-29-28(31-27(22)36)30-23-6-8-24(9-7-23)34-13-11-32(3)12-14-34/h4-10,19,21H,1,11-18,20H2,2-3H3,(H,29,30,31)/t21-/m0/s1. The number of hydrogen-bond donors (Lipinski definition) is 1. The molecule has 1 N–H and O–H groups in total. The van der Waals surface area contributed by atoms with Gasteiger partial charge in [0.05, 0.1) is 0 Å². The van der Waals surface area contributed by atoms with E-state index in [9.17, 15) is 9.59 Å². The molecule has 2 aliphatic rings. The highest BCUT2D eigenvalue weighted by atomic mass is 16.2. The predicted octanol–water partition coefficient (Wildman–Crippen LogP) is 2.01. The number of hydrogen-bond acceptors (Lipinski definition) is 8. The number of benzene rings is 1. The van der Waals surface area contributed by atoms with Crippen LogP contribution in [0, 0.1) is 0 Å². The zero-order chi connectivity index (χ0) is 26.6. The number of piperazine rings is 2. The van der Waals surface area contributed by atoms with Crippen molar-refractivity contribution in [3.63, 3.8) is 0 Å². The van der Waals surface area contributed by atoms with Crippen molar-refractivity contribution < 1.29 is 4.79 Å². The Balaban J connectivity index is 1.28. The summed E-state index contributed by atoms with van der Waals surface area (Å²) in [5, 5.41) is 4.11. The van der Waals surface area contributed by atoms with Crippen molar-refractivity contribution in [2.75, 3.05) is 69.6 Å². The second kappa shape index (κ2) is 11.3. The second-order valence-corrected chi connectivity index (χ2v) is 10.1. The fourth-order valence-corrected chi connectivity index (χ4v) is 5.18. The summed E-state index contributed by atoms with van der Waals surface area (Å²) < 4.78 is 1.71. The Morgan fingerprint density at radius 2 is 1.82 bits per heavy atom. The number of pyridine rings is 1. The van der Waals surface area contributed by atoms with Gasteiger partial charge in [-0.15, -0.1) is 0 Å². The number of carbonyl (C=O) groups excluding carboxylic acids is 1. The van der Waals surface area contributed by atoms with E-state index in [2.05, 4.69) is 57.7 Å². The van der Waals surface area contributed by atoms with Crippen LogP contribution in [0.3, 0.4) is 0 Å². The fourth-order valence-electron chi connectivity index (χ4n) is 5.18. The lowest BCUT2D eigenvalue weighted by atomic mass is 10.2. The normalized spacial score (nSPS) is 19.1. The molecule has 5 rings (SSSR count). The molecule has 2 saturated heterocycles. The van der Waals surface area contributed by atoms with Gasteiger partial charge in [-0.05, 0) is 50.4 Å². The van der Waals surface area contributed by atoms with E-state index in [0.29, 0.717) is 37.8 Å². The molecule has 0 unspecified atom stereocenters. The van der Waals surface area contributed by atoms with Crippen molar-refractivity contribution in [2.24, 2.45) is 0 Å². The molecule has 0 bridgehead atoms. The predicted molar refractivity (Wildman–Crippen MR) is 151 cm³/mol. The Kier molecular flexibility index (Phi) is 7.71. The minimum absolute atomic E-state index is 0.0347. The summed E-state index contributed by atoms with van der Waals surface area (Å²) in [4.78, 5) is 42.9. The maximum absolute atomic E-state index is 12.8. The van der Waals surface area contributed by atoms with Gasteiger partial charge in [0, 0.05) is 94.0 Å². The minimum Gasteiger partial charge on any atom is -0.369 e. The summed E-state index contributed by atoms with van der Waals surface area (Å²) in [6, 6.07) is 11.8. The molecule has 200 valence electrons. The second-order valence-electron chi connectivity index (χ2n) is 10.1. The van der Waals surface area contributed by atoms with E-state index >= 15 is 0 Å². The number of fused-ring (bicyclic) bond motifs is 1. The quantitative estimate of drug-likeness (QED) is 0.477. The summed E-state index contributed by atoms with van der Waals surface area (Å²) in [7, 11) is 2.16. The van der Waals surface area contributed by atoms with Gasteiger partial charge in [-0.1, -0.05) is 6.58 Å². The summed E-state index contributed by atoms with van der Waals surface area (Å²) in [5.41, 5.74) is 2.62. The van der Waals surface area contributed by atoms with Gasteiger partial charge in [-0.25, -0.2) is 4.98 Å². The van der Waals surface area contributed by atoms with Crippen LogP contribution in [0.1, 0.15) is 6.92 Å². The Morgan fingerprint density at radius 1 is 1.05 bits per heavy atom. The van der Waals surface area contributed by atoms with Gasteiger partial charge < -0.3 is 20.0 Å². The molecule has 0 saturated carbocycles. The van der Waals surface area contributed by atoms with E-state index in [1.165, 1.54) is 11.8 Å². The lowest BCUT2D eigenvalue weighted by Gasteiger charge is -2.39. The highest BCUT2D eigenvalue weighted by Gasteiger charge is 2.25. The number of amides is 1. The van der Waals surface area contributed by atoms with Crippen LogP contribution in [-0.2, 0) is 11.3 Å². The van der Waals surface area contributed by atoms with Gasteiger partial charge >= 0.3 is 0 Å². The van der Waals surface area contributed by atoms with E-state index in [0.717, 1.165) is 43.8 Å². The van der Waals surface area contributed by atoms with Gasteiger partial charge in [0.1, 0.15) is 5.65 Å². The number of anilines is 3. The van der Waals surface area contributed by atoms with Gasteiger partial charge in [0.2, 0.25) is 11.9 Å². The molecule has 1 amide bonds. The van der Waals surface area contributed by atoms with Gasteiger partial charge in [-0.3, -0.25) is 19.1 Å². The van der Waals surface area contributed by atoms with Gasteiger partial charge in [0.25, 0.3) is 5.56 Å². The highest BCUT2D eigenvalue weighted by molar-refractivity contribution is 5.87. The van der Waals surface area contributed by atoms with Crippen LogP contribution in [-0.4, -0.2) is 101 Å². The van der Waals surface area contributed by atoms with Crippen molar-refractivity contribution in [1.29, 1.82) is 0 Å². The Bertz CT molecular complexity index is 1350. The molecule has 0 spiro atoms. The number of likely N-dealkylation sites (N-methyl/N-ethyl adjacent to an activating group) is 1. The summed E-state index contributed by atoms with van der Waals surface area (Å²) in [6.45, 7) is 13.1. The smallest absolute Gasteiger partial charge is 0.252 e. The summed E-state index contributed by atoms with van der Waals surface area (Å²) >= 11 is 0. The maximum atomic E-state index is 12.8. The molecule has 0 radical (unpaired) electrons. The van der Waals surface area contributed by atoms with Crippen molar-refractivity contribution in [1.82, 2.24) is 29.2 Å². The molecule has 1 atom stereocenters. The average molecular weight is 517 g/mol. The fraction of sp³-hybridized carbons (Fsp3) is 0.429. The molecule has 3 aromatic rings. The molecule has 38 heavy (non-hydrogen) atoms. The van der Waals surface area contributed by atoms with E-state index in [1.807, 2.05) is 17.0 Å². The number of nitrogens with zero attached hydrogens (tertiary/aromatic N) is 7.